The summed E-state index contributed by atoms with van der Waals surface area (Å²) in [6.07, 6.45) is 5.39. The molecule has 2 aromatic heterocycles. The SMILES string of the molecule is C=CC/C=C(/CCNC(=O)c1cc(-c2cccs2)on1)c1cc(Cl)ccc1C. The summed E-state index contributed by atoms with van der Waals surface area (Å²) in [7, 11) is 0. The van der Waals surface area contributed by atoms with Gasteiger partial charge in [-0.05, 0) is 60.0 Å². The van der Waals surface area contributed by atoms with Crippen LogP contribution in [-0.2, 0) is 0 Å². The molecule has 1 amide bonds. The second-order valence-electron chi connectivity index (χ2n) is 6.27. The molecule has 0 atom stereocenters. The van der Waals surface area contributed by atoms with Gasteiger partial charge < -0.3 is 9.84 Å². The largest absolute Gasteiger partial charge is 0.355 e. The first-order valence-corrected chi connectivity index (χ1v) is 10.2. The van der Waals surface area contributed by atoms with Crippen molar-refractivity contribution in [1.82, 2.24) is 10.5 Å². The molecule has 0 radical (unpaired) electrons. The van der Waals surface area contributed by atoms with E-state index in [9.17, 15) is 4.79 Å². The van der Waals surface area contributed by atoms with Crippen LogP contribution in [0.2, 0.25) is 5.02 Å². The zero-order valence-corrected chi connectivity index (χ0v) is 17.1. The molecular formula is C22H21ClN2O2S. The number of hydrogen-bond donors (Lipinski definition) is 1. The maximum absolute atomic E-state index is 12.4. The van der Waals surface area contributed by atoms with Gasteiger partial charge in [0, 0.05) is 17.6 Å². The number of halogens is 1. The molecule has 0 spiro atoms. The lowest BCUT2D eigenvalue weighted by Gasteiger charge is -2.12. The van der Waals surface area contributed by atoms with Crippen molar-refractivity contribution in [3.8, 4) is 10.6 Å². The quantitative estimate of drug-likeness (QED) is 0.452. The van der Waals surface area contributed by atoms with Crippen LogP contribution in [0.4, 0.5) is 0 Å². The number of rotatable bonds is 8. The van der Waals surface area contributed by atoms with Crippen molar-refractivity contribution in [2.45, 2.75) is 19.8 Å². The molecule has 0 fully saturated rings. The van der Waals surface area contributed by atoms with Crippen molar-refractivity contribution in [2.24, 2.45) is 0 Å². The number of thiophene rings is 1. The summed E-state index contributed by atoms with van der Waals surface area (Å²) in [6.45, 7) is 6.31. The second kappa shape index (κ2) is 9.53. The van der Waals surface area contributed by atoms with Crippen LogP contribution in [-0.4, -0.2) is 17.6 Å². The fourth-order valence-corrected chi connectivity index (χ4v) is 3.68. The number of allylic oxidation sites excluding steroid dienone is 2. The number of amides is 1. The standard InChI is InChI=1S/C22H21ClN2O2S/c1-3-4-6-16(18-13-17(23)9-8-15(18)2)10-11-24-22(26)19-14-20(27-25-19)21-7-5-12-28-21/h3,5-9,12-14H,1,4,10-11H2,2H3,(H,24,26)/b16-6-. The van der Waals surface area contributed by atoms with Gasteiger partial charge in [0.05, 0.1) is 4.88 Å². The van der Waals surface area contributed by atoms with Crippen LogP contribution >= 0.6 is 22.9 Å². The summed E-state index contributed by atoms with van der Waals surface area (Å²) < 4.78 is 5.27. The third kappa shape index (κ3) is 5.00. The van der Waals surface area contributed by atoms with Crippen molar-refractivity contribution in [2.75, 3.05) is 6.54 Å². The Kier molecular flexibility index (Phi) is 6.85. The second-order valence-corrected chi connectivity index (χ2v) is 7.66. The van der Waals surface area contributed by atoms with Gasteiger partial charge in [-0.2, -0.15) is 0 Å². The van der Waals surface area contributed by atoms with Crippen LogP contribution in [0.5, 0.6) is 0 Å². The Morgan fingerprint density at radius 3 is 2.96 bits per heavy atom. The average Bonchev–Trinajstić information content (AvgIpc) is 3.38. The van der Waals surface area contributed by atoms with Crippen LogP contribution < -0.4 is 5.32 Å². The third-order valence-electron chi connectivity index (χ3n) is 4.26. The maximum Gasteiger partial charge on any atom is 0.273 e. The van der Waals surface area contributed by atoms with E-state index in [1.807, 2.05) is 48.7 Å². The van der Waals surface area contributed by atoms with Crippen molar-refractivity contribution in [1.29, 1.82) is 0 Å². The Balaban J connectivity index is 1.65. The number of aryl methyl sites for hydroxylation is 1. The molecule has 0 aliphatic heterocycles. The van der Waals surface area contributed by atoms with E-state index in [4.69, 9.17) is 16.1 Å². The van der Waals surface area contributed by atoms with Gasteiger partial charge in [-0.25, -0.2) is 0 Å². The number of carbonyl (C=O) groups excluding carboxylic acids is 1. The normalized spacial score (nSPS) is 11.4. The lowest BCUT2D eigenvalue weighted by atomic mass is 9.97. The smallest absolute Gasteiger partial charge is 0.273 e. The predicted octanol–water partition coefficient (Wildman–Crippen LogP) is 6.14. The topological polar surface area (TPSA) is 55.1 Å². The lowest BCUT2D eigenvalue weighted by molar-refractivity contribution is 0.0945. The monoisotopic (exact) mass is 412 g/mol. The molecule has 3 rings (SSSR count). The maximum atomic E-state index is 12.4. The first kappa shape index (κ1) is 20.1. The molecule has 4 nitrogen and oxygen atoms in total. The van der Waals surface area contributed by atoms with Crippen molar-refractivity contribution in [3.05, 3.63) is 82.4 Å². The highest BCUT2D eigenvalue weighted by Crippen LogP contribution is 2.26. The third-order valence-corrected chi connectivity index (χ3v) is 5.38. The molecule has 0 unspecified atom stereocenters. The Bertz CT molecular complexity index is 990. The zero-order chi connectivity index (χ0) is 19.9. The molecule has 6 heteroatoms. The minimum absolute atomic E-state index is 0.252. The predicted molar refractivity (Wildman–Crippen MR) is 116 cm³/mol. The van der Waals surface area contributed by atoms with Crippen molar-refractivity contribution >= 4 is 34.4 Å². The van der Waals surface area contributed by atoms with E-state index >= 15 is 0 Å². The van der Waals surface area contributed by atoms with Gasteiger partial charge in [0.25, 0.3) is 5.91 Å². The Morgan fingerprint density at radius 2 is 2.21 bits per heavy atom. The summed E-state index contributed by atoms with van der Waals surface area (Å²) in [5, 5.41) is 9.43. The van der Waals surface area contributed by atoms with Crippen LogP contribution in [0, 0.1) is 6.92 Å². The van der Waals surface area contributed by atoms with E-state index in [2.05, 4.69) is 23.1 Å². The van der Waals surface area contributed by atoms with Gasteiger partial charge >= 0.3 is 0 Å². The van der Waals surface area contributed by atoms with E-state index < -0.39 is 0 Å². The minimum atomic E-state index is -0.252. The Morgan fingerprint density at radius 1 is 1.36 bits per heavy atom. The summed E-state index contributed by atoms with van der Waals surface area (Å²) >= 11 is 7.71. The first-order chi connectivity index (χ1) is 13.6. The summed E-state index contributed by atoms with van der Waals surface area (Å²) in [4.78, 5) is 13.3. The van der Waals surface area contributed by atoms with E-state index in [-0.39, 0.29) is 11.6 Å². The van der Waals surface area contributed by atoms with Gasteiger partial charge in [0.1, 0.15) is 0 Å². The number of nitrogens with one attached hydrogen (secondary N) is 1. The molecule has 0 aliphatic rings. The number of aromatic nitrogens is 1. The van der Waals surface area contributed by atoms with E-state index in [0.29, 0.717) is 23.7 Å². The Labute approximate surface area is 173 Å². The van der Waals surface area contributed by atoms with Gasteiger partial charge in [0.15, 0.2) is 11.5 Å². The molecule has 28 heavy (non-hydrogen) atoms. The molecule has 1 N–H and O–H groups in total. The zero-order valence-electron chi connectivity index (χ0n) is 15.6. The molecular weight excluding hydrogens is 392 g/mol. The number of nitrogens with zero attached hydrogens (tertiary/aromatic N) is 1. The molecule has 0 aliphatic carbocycles. The molecule has 0 bridgehead atoms. The molecule has 144 valence electrons. The highest BCUT2D eigenvalue weighted by Gasteiger charge is 2.14. The van der Waals surface area contributed by atoms with E-state index in [0.717, 1.165) is 28.0 Å². The van der Waals surface area contributed by atoms with Gasteiger partial charge in [-0.1, -0.05) is 41.0 Å². The van der Waals surface area contributed by atoms with Crippen molar-refractivity contribution < 1.29 is 9.32 Å². The van der Waals surface area contributed by atoms with Gasteiger partial charge in [0.2, 0.25) is 0 Å². The Hall–Kier alpha value is -2.63. The van der Waals surface area contributed by atoms with Crippen LogP contribution in [0.3, 0.4) is 0 Å². The van der Waals surface area contributed by atoms with Crippen molar-refractivity contribution in [3.63, 3.8) is 0 Å². The van der Waals surface area contributed by atoms with E-state index in [1.54, 1.807) is 6.07 Å². The number of benzene rings is 1. The van der Waals surface area contributed by atoms with Crippen LogP contribution in [0.1, 0.15) is 34.5 Å². The van der Waals surface area contributed by atoms with Crippen LogP contribution in [0.15, 0.2) is 65.0 Å². The number of hydrogen-bond acceptors (Lipinski definition) is 4. The molecule has 1 aromatic carbocycles. The molecule has 3 aromatic rings. The van der Waals surface area contributed by atoms with Gasteiger partial charge in [-0.15, -0.1) is 17.9 Å². The fraction of sp³-hybridized carbons (Fsp3) is 0.182. The lowest BCUT2D eigenvalue weighted by Crippen LogP contribution is -2.24. The summed E-state index contributed by atoms with van der Waals surface area (Å²) in [6, 6.07) is 11.4. The average molecular weight is 413 g/mol. The van der Waals surface area contributed by atoms with Crippen LogP contribution in [0.25, 0.3) is 16.2 Å². The highest BCUT2D eigenvalue weighted by molar-refractivity contribution is 7.13. The first-order valence-electron chi connectivity index (χ1n) is 8.93. The summed E-state index contributed by atoms with van der Waals surface area (Å²) in [5.74, 6) is 0.346. The fourth-order valence-electron chi connectivity index (χ4n) is 2.83. The molecule has 0 saturated carbocycles. The van der Waals surface area contributed by atoms with E-state index in [1.165, 1.54) is 11.3 Å². The van der Waals surface area contributed by atoms with Gasteiger partial charge in [-0.3, -0.25) is 4.79 Å². The minimum Gasteiger partial charge on any atom is -0.355 e. The molecule has 0 saturated heterocycles. The molecule has 2 heterocycles. The number of carbonyl (C=O) groups is 1. The highest BCUT2D eigenvalue weighted by atomic mass is 35.5. The summed E-state index contributed by atoms with van der Waals surface area (Å²) in [5.41, 5.74) is 3.63.